The first kappa shape index (κ1) is 21.2. The molecule has 0 heterocycles. The van der Waals surface area contributed by atoms with Gasteiger partial charge < -0.3 is 9.80 Å². The number of hydrogen-bond acceptors (Lipinski definition) is 2. The van der Waals surface area contributed by atoms with Gasteiger partial charge in [0, 0.05) is 41.7 Å². The third kappa shape index (κ3) is 4.81. The van der Waals surface area contributed by atoms with E-state index in [1.54, 1.807) is 6.08 Å². The summed E-state index contributed by atoms with van der Waals surface area (Å²) < 4.78 is 0. The highest BCUT2D eigenvalue weighted by atomic mass is 15.1. The Kier molecular flexibility index (Phi) is 6.84. The van der Waals surface area contributed by atoms with Crippen LogP contribution in [0.15, 0.2) is 134 Å². The molecule has 0 fully saturated rings. The van der Waals surface area contributed by atoms with Gasteiger partial charge >= 0.3 is 0 Å². The fourth-order valence-corrected chi connectivity index (χ4v) is 3.85. The van der Waals surface area contributed by atoms with Crippen molar-refractivity contribution in [1.29, 1.82) is 0 Å². The van der Waals surface area contributed by atoms with Gasteiger partial charge in [-0.2, -0.15) is 0 Å². The molecule has 0 saturated heterocycles. The van der Waals surface area contributed by atoms with E-state index in [4.69, 9.17) is 0 Å². The first-order valence-corrected chi connectivity index (χ1v) is 10.9. The summed E-state index contributed by atoms with van der Waals surface area (Å²) in [5.41, 5.74) is 4.68. The maximum atomic E-state index is 3.71. The molecule has 0 spiro atoms. The molecule has 0 amide bonds. The number of rotatable bonds is 8. The van der Waals surface area contributed by atoms with Gasteiger partial charge in [-0.1, -0.05) is 91.6 Å². The lowest BCUT2D eigenvalue weighted by atomic mass is 10.1. The highest BCUT2D eigenvalue weighted by Crippen LogP contribution is 2.33. The maximum Gasteiger partial charge on any atom is 0.0487 e. The summed E-state index contributed by atoms with van der Waals surface area (Å²) in [4.78, 5) is 4.55. The third-order valence-electron chi connectivity index (χ3n) is 5.53. The summed E-state index contributed by atoms with van der Waals surface area (Å²) in [5, 5.41) is 2.51. The predicted octanol–water partition coefficient (Wildman–Crippen LogP) is 8.04. The second-order valence-electron chi connectivity index (χ2n) is 7.57. The van der Waals surface area contributed by atoms with E-state index >= 15 is 0 Å². The molecule has 0 unspecified atom stereocenters. The lowest BCUT2D eigenvalue weighted by Gasteiger charge is -2.26. The van der Waals surface area contributed by atoms with Gasteiger partial charge in [-0.15, -0.1) is 0 Å². The molecule has 2 heteroatoms. The van der Waals surface area contributed by atoms with Gasteiger partial charge in [0.2, 0.25) is 0 Å². The molecule has 0 atom stereocenters. The molecule has 0 N–H and O–H groups in total. The van der Waals surface area contributed by atoms with E-state index < -0.39 is 0 Å². The number of nitrogens with zero attached hydrogens (tertiary/aromatic N) is 2. The molecule has 4 aromatic rings. The molecular weight excluding hydrogens is 388 g/mol. The van der Waals surface area contributed by atoms with Crippen LogP contribution in [-0.4, -0.2) is 13.6 Å². The molecule has 0 radical (unpaired) electrons. The lowest BCUT2D eigenvalue weighted by Crippen LogP contribution is -2.17. The Labute approximate surface area is 191 Å². The van der Waals surface area contributed by atoms with Gasteiger partial charge in [0.15, 0.2) is 0 Å². The number of anilines is 4. The Bertz CT molecular complexity index is 1220. The van der Waals surface area contributed by atoms with Gasteiger partial charge in [-0.05, 0) is 47.9 Å². The first-order valence-electron chi connectivity index (χ1n) is 10.9. The van der Waals surface area contributed by atoms with Gasteiger partial charge in [0.1, 0.15) is 0 Å². The van der Waals surface area contributed by atoms with Crippen molar-refractivity contribution >= 4 is 33.5 Å². The zero-order chi connectivity index (χ0) is 22.2. The van der Waals surface area contributed by atoms with Crippen LogP contribution in [0.1, 0.15) is 0 Å². The fraction of sp³-hybridized carbons (Fsp3) is 0.0667. The highest BCUT2D eigenvalue weighted by Gasteiger charge is 2.11. The van der Waals surface area contributed by atoms with Crippen molar-refractivity contribution in [3.63, 3.8) is 0 Å². The normalized spacial score (nSPS) is 11.3. The minimum Gasteiger partial charge on any atom is -0.344 e. The van der Waals surface area contributed by atoms with Crippen LogP contribution >= 0.6 is 0 Å². The predicted molar refractivity (Wildman–Crippen MR) is 140 cm³/mol. The average molecular weight is 417 g/mol. The van der Waals surface area contributed by atoms with Crippen LogP contribution in [0.2, 0.25) is 0 Å². The van der Waals surface area contributed by atoms with Gasteiger partial charge in [0.25, 0.3) is 0 Å². The Hall–Kier alpha value is -4.04. The number of allylic oxidation sites excluding steroid dienone is 4. The van der Waals surface area contributed by atoms with Crippen LogP contribution in [0.25, 0.3) is 10.8 Å². The Morgan fingerprint density at radius 1 is 0.656 bits per heavy atom. The van der Waals surface area contributed by atoms with E-state index in [1.807, 2.05) is 18.2 Å². The average Bonchev–Trinajstić information content (AvgIpc) is 2.86. The SMILES string of the molecule is C=C/C=C\C=C/CN(c1ccccc1)c1ccc(N(C)c2cccc3ccccc23)cc1. The van der Waals surface area contributed by atoms with Crippen molar-refractivity contribution in [2.24, 2.45) is 0 Å². The molecule has 0 aliphatic heterocycles. The van der Waals surface area contributed by atoms with Gasteiger partial charge in [0.05, 0.1) is 0 Å². The summed E-state index contributed by atoms with van der Waals surface area (Å²) >= 11 is 0. The Morgan fingerprint density at radius 3 is 2.09 bits per heavy atom. The zero-order valence-electron chi connectivity index (χ0n) is 18.4. The van der Waals surface area contributed by atoms with Gasteiger partial charge in [-0.3, -0.25) is 0 Å². The summed E-state index contributed by atoms with van der Waals surface area (Å²) in [6, 6.07) is 34.2. The van der Waals surface area contributed by atoms with Crippen LogP contribution in [0.5, 0.6) is 0 Å². The van der Waals surface area contributed by atoms with E-state index in [-0.39, 0.29) is 0 Å². The molecule has 4 aromatic carbocycles. The smallest absolute Gasteiger partial charge is 0.0487 e. The summed E-state index contributed by atoms with van der Waals surface area (Å²) in [5.74, 6) is 0. The molecular formula is C30H28N2. The van der Waals surface area contributed by atoms with Gasteiger partial charge in [-0.25, -0.2) is 0 Å². The fourth-order valence-electron chi connectivity index (χ4n) is 3.85. The molecule has 0 saturated carbocycles. The number of hydrogen-bond donors (Lipinski definition) is 0. The van der Waals surface area contributed by atoms with Crippen LogP contribution < -0.4 is 9.80 Å². The standard InChI is InChI=1S/C30H28N2/c1-3-4-5-6-12-24-32(27-16-8-7-9-17-27)28-22-20-26(21-23-28)31(2)30-19-13-15-25-14-10-11-18-29(25)30/h3-23H,1,24H2,2H3/b5-4-,12-6-. The largest absolute Gasteiger partial charge is 0.344 e. The van der Waals surface area contributed by atoms with Crippen LogP contribution in [0.4, 0.5) is 22.7 Å². The third-order valence-corrected chi connectivity index (χ3v) is 5.53. The van der Waals surface area contributed by atoms with Crippen molar-refractivity contribution in [2.75, 3.05) is 23.4 Å². The van der Waals surface area contributed by atoms with Crippen LogP contribution in [0, 0.1) is 0 Å². The minimum atomic E-state index is 0.782. The zero-order valence-corrected chi connectivity index (χ0v) is 18.4. The second-order valence-corrected chi connectivity index (χ2v) is 7.57. The molecule has 0 aromatic heterocycles. The van der Waals surface area contributed by atoms with E-state index in [0.717, 1.165) is 17.9 Å². The van der Waals surface area contributed by atoms with Crippen molar-refractivity contribution in [3.8, 4) is 0 Å². The minimum absolute atomic E-state index is 0.782. The summed E-state index contributed by atoms with van der Waals surface area (Å²) in [6.07, 6.45) is 9.92. The molecule has 4 rings (SSSR count). The lowest BCUT2D eigenvalue weighted by molar-refractivity contribution is 1.09. The summed E-state index contributed by atoms with van der Waals surface area (Å²) in [7, 11) is 2.13. The molecule has 0 bridgehead atoms. The molecule has 2 nitrogen and oxygen atoms in total. The van der Waals surface area contributed by atoms with Crippen molar-refractivity contribution < 1.29 is 0 Å². The van der Waals surface area contributed by atoms with E-state index in [1.165, 1.54) is 22.1 Å². The number of benzene rings is 4. The maximum absolute atomic E-state index is 3.71. The first-order chi connectivity index (χ1) is 15.8. The summed E-state index contributed by atoms with van der Waals surface area (Å²) in [6.45, 7) is 4.50. The topological polar surface area (TPSA) is 6.48 Å². The Morgan fingerprint density at radius 2 is 1.31 bits per heavy atom. The molecule has 158 valence electrons. The Balaban J connectivity index is 1.61. The molecule has 0 aliphatic rings. The van der Waals surface area contributed by atoms with Crippen molar-refractivity contribution in [3.05, 3.63) is 134 Å². The number of para-hydroxylation sites is 1. The van der Waals surface area contributed by atoms with Crippen molar-refractivity contribution in [1.82, 2.24) is 0 Å². The van der Waals surface area contributed by atoms with E-state index in [9.17, 15) is 0 Å². The molecule has 0 aliphatic carbocycles. The highest BCUT2D eigenvalue weighted by molar-refractivity contribution is 5.96. The second kappa shape index (κ2) is 10.3. The van der Waals surface area contributed by atoms with E-state index in [0.29, 0.717) is 0 Å². The number of fused-ring (bicyclic) bond motifs is 1. The monoisotopic (exact) mass is 416 g/mol. The van der Waals surface area contributed by atoms with Crippen molar-refractivity contribution in [2.45, 2.75) is 0 Å². The molecule has 32 heavy (non-hydrogen) atoms. The quantitative estimate of drug-likeness (QED) is 0.268. The van der Waals surface area contributed by atoms with Crippen LogP contribution in [-0.2, 0) is 0 Å². The van der Waals surface area contributed by atoms with Crippen LogP contribution in [0.3, 0.4) is 0 Å². The van der Waals surface area contributed by atoms with E-state index in [2.05, 4.69) is 127 Å².